The average Bonchev–Trinajstić information content (AvgIpc) is 2.60. The van der Waals surface area contributed by atoms with Gasteiger partial charge in [0.05, 0.1) is 10.0 Å². The van der Waals surface area contributed by atoms with Crippen molar-refractivity contribution >= 4 is 40.0 Å². The van der Waals surface area contributed by atoms with Crippen molar-refractivity contribution in [1.29, 1.82) is 0 Å². The molecule has 134 valence electrons. The van der Waals surface area contributed by atoms with Gasteiger partial charge in [-0.05, 0) is 50.8 Å². The Morgan fingerprint density at radius 1 is 1.32 bits per heavy atom. The highest BCUT2D eigenvalue weighted by Crippen LogP contribution is 2.37. The van der Waals surface area contributed by atoms with E-state index in [9.17, 15) is 4.79 Å². The topological polar surface area (TPSA) is 42.4 Å². The van der Waals surface area contributed by atoms with E-state index in [1.165, 1.54) is 6.42 Å². The number of amides is 1. The first-order chi connectivity index (χ1) is 12.0. The Morgan fingerprint density at radius 3 is 2.88 bits per heavy atom. The first-order valence-corrected chi connectivity index (χ1v) is 9.44. The van der Waals surface area contributed by atoms with Crippen molar-refractivity contribution < 1.29 is 9.53 Å². The molecule has 1 aromatic carbocycles. The highest BCUT2D eigenvalue weighted by molar-refractivity contribution is 6.39. The van der Waals surface area contributed by atoms with E-state index in [4.69, 9.17) is 27.9 Å². The lowest BCUT2D eigenvalue weighted by atomic mass is 10.00. The van der Waals surface area contributed by atoms with Crippen molar-refractivity contribution in [2.24, 2.45) is 0 Å². The highest BCUT2D eigenvalue weighted by atomic mass is 35.5. The minimum absolute atomic E-state index is 0.00151. The number of likely N-dealkylation sites (tertiary alicyclic amines) is 1. The molecule has 0 aliphatic carbocycles. The Kier molecular flexibility index (Phi) is 5.70. The molecule has 2 aromatic rings. The average molecular weight is 381 g/mol. The minimum Gasteiger partial charge on any atom is -0.480 e. The summed E-state index contributed by atoms with van der Waals surface area (Å²) in [5.41, 5.74) is 1.43. The Hall–Kier alpha value is -1.52. The number of benzene rings is 1. The van der Waals surface area contributed by atoms with E-state index in [1.807, 2.05) is 24.0 Å². The fourth-order valence-electron chi connectivity index (χ4n) is 3.40. The molecule has 1 aromatic heterocycles. The van der Waals surface area contributed by atoms with E-state index in [2.05, 4.69) is 11.9 Å². The molecule has 0 spiro atoms. The number of ether oxygens (including phenoxy) is 1. The summed E-state index contributed by atoms with van der Waals surface area (Å²) >= 11 is 12.6. The minimum atomic E-state index is -0.0391. The van der Waals surface area contributed by atoms with Gasteiger partial charge in [-0.3, -0.25) is 4.79 Å². The number of piperidine rings is 1. The summed E-state index contributed by atoms with van der Waals surface area (Å²) in [6.07, 6.45) is 4.26. The van der Waals surface area contributed by atoms with Crippen LogP contribution in [-0.2, 0) is 4.79 Å². The molecule has 1 amide bonds. The molecule has 0 bridgehead atoms. The van der Waals surface area contributed by atoms with Crippen LogP contribution in [0.3, 0.4) is 0 Å². The zero-order valence-corrected chi connectivity index (χ0v) is 16.0. The second kappa shape index (κ2) is 7.79. The van der Waals surface area contributed by atoms with Crippen molar-refractivity contribution in [1.82, 2.24) is 9.88 Å². The lowest BCUT2D eigenvalue weighted by Crippen LogP contribution is -2.45. The van der Waals surface area contributed by atoms with Gasteiger partial charge < -0.3 is 9.64 Å². The van der Waals surface area contributed by atoms with Gasteiger partial charge in [0.2, 0.25) is 0 Å². The van der Waals surface area contributed by atoms with Gasteiger partial charge in [-0.2, -0.15) is 0 Å². The molecule has 3 rings (SSSR count). The molecule has 1 fully saturated rings. The van der Waals surface area contributed by atoms with Crippen LogP contribution >= 0.6 is 23.2 Å². The molecule has 0 N–H and O–H groups in total. The van der Waals surface area contributed by atoms with Crippen LogP contribution in [-0.4, -0.2) is 35.0 Å². The van der Waals surface area contributed by atoms with Gasteiger partial charge in [0.15, 0.2) is 12.4 Å². The van der Waals surface area contributed by atoms with Crippen molar-refractivity contribution in [2.75, 3.05) is 13.2 Å². The number of aromatic nitrogens is 1. The summed E-state index contributed by atoms with van der Waals surface area (Å²) in [4.78, 5) is 19.1. The smallest absolute Gasteiger partial charge is 0.260 e. The lowest BCUT2D eigenvalue weighted by Gasteiger charge is -2.35. The molecular weight excluding hydrogens is 359 g/mol. The van der Waals surface area contributed by atoms with Gasteiger partial charge in [-0.25, -0.2) is 4.98 Å². The Morgan fingerprint density at radius 2 is 2.12 bits per heavy atom. The first kappa shape index (κ1) is 18.3. The van der Waals surface area contributed by atoms with Crippen LogP contribution in [0.5, 0.6) is 5.75 Å². The fraction of sp³-hybridized carbons (Fsp3) is 0.474. The van der Waals surface area contributed by atoms with Crippen LogP contribution in [0.15, 0.2) is 18.2 Å². The summed E-state index contributed by atoms with van der Waals surface area (Å²) in [6, 6.07) is 5.72. The van der Waals surface area contributed by atoms with Crippen LogP contribution in [0.4, 0.5) is 0 Å². The van der Waals surface area contributed by atoms with E-state index >= 15 is 0 Å². The molecule has 6 heteroatoms. The van der Waals surface area contributed by atoms with E-state index in [0.29, 0.717) is 27.4 Å². The predicted octanol–water partition coefficient (Wildman–Crippen LogP) is 5.02. The lowest BCUT2D eigenvalue weighted by molar-refractivity contribution is -0.137. The number of aryl methyl sites for hydroxylation is 1. The number of nitrogens with zero attached hydrogens (tertiary/aromatic N) is 2. The molecule has 0 unspecified atom stereocenters. The Balaban J connectivity index is 1.83. The standard InChI is InChI=1S/C19H22Cl2N2O2/c1-3-13-6-4-5-9-23(13)17(24)11-25-19-16(21)10-15(20)14-8-7-12(2)22-18(14)19/h7-8,10,13H,3-6,9,11H2,1-2H3/t13-/m0/s1. The van der Waals surface area contributed by atoms with Gasteiger partial charge in [0.25, 0.3) is 5.91 Å². The first-order valence-electron chi connectivity index (χ1n) is 8.69. The van der Waals surface area contributed by atoms with E-state index in [0.717, 1.165) is 36.9 Å². The summed E-state index contributed by atoms with van der Waals surface area (Å²) in [6.45, 7) is 4.77. The van der Waals surface area contributed by atoms with Gasteiger partial charge in [-0.1, -0.05) is 30.1 Å². The Bertz CT molecular complexity index is 795. The molecule has 1 aliphatic heterocycles. The zero-order chi connectivity index (χ0) is 18.0. The number of pyridine rings is 1. The number of rotatable bonds is 4. The maximum Gasteiger partial charge on any atom is 0.260 e. The van der Waals surface area contributed by atoms with Gasteiger partial charge in [0.1, 0.15) is 5.52 Å². The normalized spacial score (nSPS) is 17.8. The van der Waals surface area contributed by atoms with Crippen molar-refractivity contribution in [3.05, 3.63) is 33.9 Å². The third kappa shape index (κ3) is 3.85. The van der Waals surface area contributed by atoms with Gasteiger partial charge in [0, 0.05) is 23.7 Å². The van der Waals surface area contributed by atoms with E-state index in [1.54, 1.807) is 6.07 Å². The predicted molar refractivity (Wildman–Crippen MR) is 102 cm³/mol. The second-order valence-electron chi connectivity index (χ2n) is 6.45. The van der Waals surface area contributed by atoms with Crippen LogP contribution < -0.4 is 4.74 Å². The molecule has 0 saturated carbocycles. The molecule has 4 nitrogen and oxygen atoms in total. The van der Waals surface area contributed by atoms with Crippen LogP contribution in [0, 0.1) is 6.92 Å². The van der Waals surface area contributed by atoms with Gasteiger partial charge in [-0.15, -0.1) is 0 Å². The number of carbonyl (C=O) groups is 1. The summed E-state index contributed by atoms with van der Waals surface area (Å²) in [7, 11) is 0. The number of carbonyl (C=O) groups excluding carboxylic acids is 1. The van der Waals surface area contributed by atoms with Crippen LogP contribution in [0.1, 0.15) is 38.3 Å². The number of hydrogen-bond donors (Lipinski definition) is 0. The molecule has 1 aliphatic rings. The monoisotopic (exact) mass is 380 g/mol. The number of halogens is 2. The van der Waals surface area contributed by atoms with Crippen molar-refractivity contribution in [2.45, 2.75) is 45.6 Å². The molecule has 2 heterocycles. The van der Waals surface area contributed by atoms with E-state index < -0.39 is 0 Å². The quantitative estimate of drug-likeness (QED) is 0.747. The fourth-order valence-corrected chi connectivity index (χ4v) is 3.97. The maximum atomic E-state index is 12.6. The summed E-state index contributed by atoms with van der Waals surface area (Å²) in [5.74, 6) is 0.418. The number of fused-ring (bicyclic) bond motifs is 1. The third-order valence-corrected chi connectivity index (χ3v) is 5.33. The molecule has 1 saturated heterocycles. The SMILES string of the molecule is CC[C@H]1CCCCN1C(=O)COc1c(Cl)cc(Cl)c2ccc(C)nc12. The van der Waals surface area contributed by atoms with Crippen molar-refractivity contribution in [3.63, 3.8) is 0 Å². The summed E-state index contributed by atoms with van der Waals surface area (Å²) < 4.78 is 5.82. The molecular formula is C19H22Cl2N2O2. The zero-order valence-electron chi connectivity index (χ0n) is 14.5. The van der Waals surface area contributed by atoms with E-state index in [-0.39, 0.29) is 12.5 Å². The molecule has 1 atom stereocenters. The molecule has 25 heavy (non-hydrogen) atoms. The largest absolute Gasteiger partial charge is 0.480 e. The van der Waals surface area contributed by atoms with Gasteiger partial charge >= 0.3 is 0 Å². The third-order valence-electron chi connectivity index (χ3n) is 4.74. The van der Waals surface area contributed by atoms with Crippen LogP contribution in [0.25, 0.3) is 10.9 Å². The second-order valence-corrected chi connectivity index (χ2v) is 7.27. The summed E-state index contributed by atoms with van der Waals surface area (Å²) in [5, 5.41) is 1.66. The maximum absolute atomic E-state index is 12.6. The number of hydrogen-bond acceptors (Lipinski definition) is 3. The Labute approximate surface area is 158 Å². The van der Waals surface area contributed by atoms with Crippen LogP contribution in [0.2, 0.25) is 10.0 Å². The highest BCUT2D eigenvalue weighted by Gasteiger charge is 2.26. The molecule has 0 radical (unpaired) electrons. The van der Waals surface area contributed by atoms with Crippen molar-refractivity contribution in [3.8, 4) is 5.75 Å².